The molecule has 0 fully saturated rings. The zero-order valence-corrected chi connectivity index (χ0v) is 23.9. The molecule has 4 rings (SSSR count). The third kappa shape index (κ3) is 5.76. The fourth-order valence-corrected chi connectivity index (χ4v) is 6.13. The molecule has 0 aliphatic rings. The molecule has 0 aliphatic heterocycles. The van der Waals surface area contributed by atoms with Gasteiger partial charge in [0.2, 0.25) is 0 Å². The summed E-state index contributed by atoms with van der Waals surface area (Å²) >= 11 is 14.0. The molecule has 0 saturated heterocycles. The zero-order valence-electron chi connectivity index (χ0n) is 20.7. The minimum absolute atomic E-state index is 0.220. The second-order valence-electron chi connectivity index (χ2n) is 9.81. The average molecular weight is 603 g/mol. The topological polar surface area (TPSA) is 75.1 Å². The normalized spacial score (nSPS) is 15.8. The minimum atomic E-state index is -4.86. The van der Waals surface area contributed by atoms with Gasteiger partial charge < -0.3 is 5.11 Å². The molecule has 0 saturated carbocycles. The number of aromatic nitrogens is 2. The molecular weight excluding hydrogens is 578 g/mol. The van der Waals surface area contributed by atoms with E-state index in [-0.39, 0.29) is 16.4 Å². The number of hydrogen-bond donors (Lipinski definition) is 2. The number of benzene rings is 1. The number of nitrogens with zero attached hydrogens (tertiary/aromatic N) is 2. The molecule has 1 aromatic carbocycles. The van der Waals surface area contributed by atoms with Crippen LogP contribution in [0.1, 0.15) is 49.9 Å². The van der Waals surface area contributed by atoms with Crippen LogP contribution in [0.3, 0.4) is 0 Å². The summed E-state index contributed by atoms with van der Waals surface area (Å²) < 4.78 is 56.8. The van der Waals surface area contributed by atoms with E-state index in [0.717, 1.165) is 21.0 Å². The Kier molecular flexibility index (Phi) is 7.97. The smallest absolute Gasteiger partial charge is 0.376 e. The van der Waals surface area contributed by atoms with Crippen molar-refractivity contribution in [2.24, 2.45) is 0 Å². The lowest BCUT2D eigenvalue weighted by Crippen LogP contribution is -2.39. The van der Waals surface area contributed by atoms with Gasteiger partial charge in [-0.25, -0.2) is 13.9 Å². The zero-order chi connectivity index (χ0) is 28.0. The molecule has 0 amide bonds. The van der Waals surface area contributed by atoms with Crippen molar-refractivity contribution in [1.82, 2.24) is 14.7 Å². The van der Waals surface area contributed by atoms with Gasteiger partial charge in [-0.1, -0.05) is 41.4 Å². The molecule has 38 heavy (non-hydrogen) atoms. The second-order valence-corrected chi connectivity index (χ2v) is 13.7. The molecule has 3 atom stereocenters. The van der Waals surface area contributed by atoms with Crippen LogP contribution in [0.2, 0.25) is 10.2 Å². The van der Waals surface area contributed by atoms with Crippen LogP contribution in [0.4, 0.5) is 13.2 Å². The van der Waals surface area contributed by atoms with Crippen LogP contribution >= 0.6 is 34.5 Å². The molecule has 0 radical (unpaired) electrons. The van der Waals surface area contributed by atoms with Crippen molar-refractivity contribution in [3.05, 3.63) is 81.0 Å². The van der Waals surface area contributed by atoms with Crippen molar-refractivity contribution >= 4 is 55.6 Å². The minimum Gasteiger partial charge on any atom is -0.376 e. The van der Waals surface area contributed by atoms with Crippen molar-refractivity contribution in [2.75, 3.05) is 0 Å². The van der Waals surface area contributed by atoms with Gasteiger partial charge in [0.05, 0.1) is 38.2 Å². The van der Waals surface area contributed by atoms with Crippen molar-refractivity contribution in [1.29, 1.82) is 0 Å². The molecule has 0 bridgehead atoms. The van der Waals surface area contributed by atoms with Crippen LogP contribution in [0, 0.1) is 0 Å². The fraction of sp³-hybridized carbons (Fsp3) is 0.308. The molecule has 3 aromatic heterocycles. The Morgan fingerprint density at radius 2 is 1.76 bits per heavy atom. The van der Waals surface area contributed by atoms with Gasteiger partial charge in [0, 0.05) is 21.3 Å². The lowest BCUT2D eigenvalue weighted by atomic mass is 9.94. The van der Waals surface area contributed by atoms with Crippen molar-refractivity contribution in [3.8, 4) is 11.3 Å². The highest BCUT2D eigenvalue weighted by Gasteiger charge is 2.51. The maximum absolute atomic E-state index is 13.5. The molecule has 12 heteroatoms. The third-order valence-corrected chi connectivity index (χ3v) is 9.23. The van der Waals surface area contributed by atoms with Gasteiger partial charge in [0.25, 0.3) is 0 Å². The summed E-state index contributed by atoms with van der Waals surface area (Å²) in [6, 6.07) is 12.1. The Morgan fingerprint density at radius 1 is 1.05 bits per heavy atom. The Bertz CT molecular complexity index is 1520. The van der Waals surface area contributed by atoms with Crippen LogP contribution in [0.15, 0.2) is 54.7 Å². The van der Waals surface area contributed by atoms with Crippen LogP contribution < -0.4 is 4.72 Å². The van der Waals surface area contributed by atoms with E-state index in [1.54, 1.807) is 24.3 Å². The van der Waals surface area contributed by atoms with Gasteiger partial charge in [-0.2, -0.15) is 13.2 Å². The molecule has 5 nitrogen and oxygen atoms in total. The van der Waals surface area contributed by atoms with E-state index in [1.165, 1.54) is 23.6 Å². The van der Waals surface area contributed by atoms with E-state index >= 15 is 0 Å². The maximum Gasteiger partial charge on any atom is 0.421 e. The number of alkyl halides is 3. The summed E-state index contributed by atoms with van der Waals surface area (Å²) in [4.78, 5) is 9.40. The number of rotatable bonds is 6. The standard InChI is InChI=1S/C26H24Cl2F3N3O2S2/c1-24(2,3)38(36)34-22(21-17(27)8-9-20(28)33-21)19-12-14-6-5-7-16(23(14)37-19)18-13-15(10-11-32-18)25(4,35)26(29,30)31/h5-13,22,34-35H,1-4H3/t22?,25-,38-/m0/s1. The monoisotopic (exact) mass is 601 g/mol. The number of pyridine rings is 2. The molecule has 0 spiro atoms. The number of halogens is 5. The van der Waals surface area contributed by atoms with Crippen LogP contribution in [-0.4, -0.2) is 30.2 Å². The van der Waals surface area contributed by atoms with Crippen LogP contribution in [0.25, 0.3) is 21.3 Å². The lowest BCUT2D eigenvalue weighted by molar-refractivity contribution is -0.258. The highest BCUT2D eigenvalue weighted by atomic mass is 35.5. The molecule has 1 unspecified atom stereocenters. The van der Waals surface area contributed by atoms with Crippen molar-refractivity contribution in [3.63, 3.8) is 0 Å². The first kappa shape index (κ1) is 28.9. The molecule has 2 N–H and O–H groups in total. The third-order valence-electron chi connectivity index (χ3n) is 5.89. The molecule has 4 aromatic rings. The van der Waals surface area contributed by atoms with Gasteiger partial charge in [0.15, 0.2) is 5.60 Å². The number of fused-ring (bicyclic) bond motifs is 1. The van der Waals surface area contributed by atoms with Gasteiger partial charge in [-0.05, 0) is 69.0 Å². The number of aliphatic hydroxyl groups is 1. The Labute approximate surface area is 234 Å². The molecular formula is C26H24Cl2F3N3O2S2. The fourth-order valence-electron chi connectivity index (χ4n) is 3.64. The first-order valence-corrected chi connectivity index (χ1v) is 14.1. The van der Waals surface area contributed by atoms with E-state index in [0.29, 0.717) is 23.2 Å². The van der Waals surface area contributed by atoms with E-state index in [4.69, 9.17) is 23.2 Å². The Hall–Kier alpha value is -2.08. The first-order chi connectivity index (χ1) is 17.6. The highest BCUT2D eigenvalue weighted by Crippen LogP contribution is 2.42. The maximum atomic E-state index is 13.5. The number of hydrogen-bond acceptors (Lipinski definition) is 5. The van der Waals surface area contributed by atoms with Crippen LogP contribution in [-0.2, 0) is 16.6 Å². The highest BCUT2D eigenvalue weighted by molar-refractivity contribution is 7.84. The molecule has 0 aliphatic carbocycles. The van der Waals surface area contributed by atoms with E-state index in [2.05, 4.69) is 14.7 Å². The largest absolute Gasteiger partial charge is 0.421 e. The summed E-state index contributed by atoms with van der Waals surface area (Å²) in [5.41, 5.74) is -2.11. The Balaban J connectivity index is 1.86. The Morgan fingerprint density at radius 3 is 2.42 bits per heavy atom. The summed E-state index contributed by atoms with van der Waals surface area (Å²) in [5.74, 6) is 0. The van der Waals surface area contributed by atoms with E-state index < -0.39 is 33.6 Å². The van der Waals surface area contributed by atoms with E-state index in [9.17, 15) is 22.5 Å². The predicted octanol–water partition coefficient (Wildman–Crippen LogP) is 7.58. The average Bonchev–Trinajstić information content (AvgIpc) is 3.27. The van der Waals surface area contributed by atoms with Crippen LogP contribution in [0.5, 0.6) is 0 Å². The summed E-state index contributed by atoms with van der Waals surface area (Å²) in [7, 11) is -1.50. The summed E-state index contributed by atoms with van der Waals surface area (Å²) in [5, 5.41) is 11.5. The number of thiophene rings is 1. The number of nitrogens with one attached hydrogen (secondary N) is 1. The SMILES string of the molecule is CC(C)(C)[S@](=O)NC(c1cc2cccc(-c3cc([C@](C)(O)C(F)(F)F)ccn3)c2s1)c1nc(Cl)ccc1Cl. The first-order valence-electron chi connectivity index (χ1n) is 11.4. The molecule has 3 heterocycles. The predicted molar refractivity (Wildman–Crippen MR) is 148 cm³/mol. The van der Waals surface area contributed by atoms with E-state index in [1.807, 2.05) is 32.9 Å². The molecule has 202 valence electrons. The van der Waals surface area contributed by atoms with Crippen molar-refractivity contribution < 1.29 is 22.5 Å². The summed E-state index contributed by atoms with van der Waals surface area (Å²) in [6.45, 7) is 6.20. The lowest BCUT2D eigenvalue weighted by Gasteiger charge is -2.26. The van der Waals surface area contributed by atoms with Gasteiger partial charge in [0.1, 0.15) is 5.15 Å². The van der Waals surface area contributed by atoms with Gasteiger partial charge >= 0.3 is 6.18 Å². The van der Waals surface area contributed by atoms with Gasteiger partial charge in [-0.15, -0.1) is 11.3 Å². The quantitative estimate of drug-likeness (QED) is 0.223. The van der Waals surface area contributed by atoms with Gasteiger partial charge in [-0.3, -0.25) is 4.98 Å². The van der Waals surface area contributed by atoms with Crippen molar-refractivity contribution in [2.45, 2.75) is 50.3 Å². The second kappa shape index (κ2) is 10.5. The summed E-state index contributed by atoms with van der Waals surface area (Å²) in [6.07, 6.45) is -3.62.